The third-order valence-electron chi connectivity index (χ3n) is 5.44. The summed E-state index contributed by atoms with van der Waals surface area (Å²) in [5.41, 5.74) is 2.64. The smallest absolute Gasteiger partial charge is 0.175 e. The highest BCUT2D eigenvalue weighted by Crippen LogP contribution is 2.33. The highest BCUT2D eigenvalue weighted by molar-refractivity contribution is 5.84. The van der Waals surface area contributed by atoms with Crippen molar-refractivity contribution in [1.82, 2.24) is 10.1 Å². The van der Waals surface area contributed by atoms with Gasteiger partial charge in [0.2, 0.25) is 0 Å². The summed E-state index contributed by atoms with van der Waals surface area (Å²) in [6.07, 6.45) is 1.60. The first-order valence-corrected chi connectivity index (χ1v) is 9.56. The van der Waals surface area contributed by atoms with Gasteiger partial charge in [-0.05, 0) is 42.0 Å². The van der Waals surface area contributed by atoms with Gasteiger partial charge >= 0.3 is 0 Å². The van der Waals surface area contributed by atoms with Crippen LogP contribution in [0.25, 0.3) is 11.0 Å². The summed E-state index contributed by atoms with van der Waals surface area (Å²) in [5.74, 6) is 1.26. The first kappa shape index (κ1) is 18.0. The van der Waals surface area contributed by atoms with Crippen molar-refractivity contribution >= 4 is 11.0 Å². The van der Waals surface area contributed by atoms with Gasteiger partial charge in [-0.3, -0.25) is 4.90 Å². The van der Waals surface area contributed by atoms with Crippen LogP contribution in [0.15, 0.2) is 40.9 Å². The number of piperidine rings is 1. The van der Waals surface area contributed by atoms with Gasteiger partial charge in [-0.15, -0.1) is 0 Å². The molecule has 0 spiro atoms. The van der Waals surface area contributed by atoms with Crippen LogP contribution in [0.5, 0.6) is 5.75 Å². The Labute approximate surface area is 158 Å². The van der Waals surface area contributed by atoms with Crippen LogP contribution in [0, 0.1) is 17.7 Å². The van der Waals surface area contributed by atoms with Crippen LogP contribution < -0.4 is 0 Å². The Balaban J connectivity index is 1.65. The number of aromatic nitrogens is 1. The second-order valence-electron chi connectivity index (χ2n) is 7.98. The number of rotatable bonds is 4. The van der Waals surface area contributed by atoms with Crippen LogP contribution in [-0.4, -0.2) is 28.3 Å². The molecule has 1 fully saturated rings. The third kappa shape index (κ3) is 3.69. The zero-order chi connectivity index (χ0) is 19.0. The molecule has 2 heterocycles. The van der Waals surface area contributed by atoms with E-state index in [4.69, 9.17) is 4.52 Å². The lowest BCUT2D eigenvalue weighted by Gasteiger charge is -2.35. The van der Waals surface area contributed by atoms with E-state index < -0.39 is 0 Å². The maximum Gasteiger partial charge on any atom is 0.175 e. The molecule has 0 radical (unpaired) electrons. The SMILES string of the molecule is CC1CC(C)CN(Cc2c(O)ccc3c(Cc4ccccc4F)noc23)C1. The number of benzene rings is 2. The molecular formula is C22H25FN2O2. The fourth-order valence-corrected chi connectivity index (χ4v) is 4.35. The van der Waals surface area contributed by atoms with Gasteiger partial charge in [0.1, 0.15) is 11.6 Å². The fraction of sp³-hybridized carbons (Fsp3) is 0.409. The van der Waals surface area contributed by atoms with Crippen LogP contribution >= 0.6 is 0 Å². The van der Waals surface area contributed by atoms with E-state index in [-0.39, 0.29) is 11.6 Å². The van der Waals surface area contributed by atoms with Gasteiger partial charge in [0.15, 0.2) is 5.58 Å². The van der Waals surface area contributed by atoms with Gasteiger partial charge in [0.25, 0.3) is 0 Å². The molecule has 142 valence electrons. The van der Waals surface area contributed by atoms with E-state index >= 15 is 0 Å². The number of hydrogen-bond donors (Lipinski definition) is 1. The van der Waals surface area contributed by atoms with E-state index in [1.807, 2.05) is 12.1 Å². The van der Waals surface area contributed by atoms with Gasteiger partial charge in [-0.25, -0.2) is 4.39 Å². The largest absolute Gasteiger partial charge is 0.507 e. The number of hydrogen-bond acceptors (Lipinski definition) is 4. The molecule has 4 nitrogen and oxygen atoms in total. The Morgan fingerprint density at radius 1 is 1.15 bits per heavy atom. The molecule has 4 rings (SSSR count). The van der Waals surface area contributed by atoms with Crippen LogP contribution in [0.1, 0.15) is 37.1 Å². The Bertz CT molecular complexity index is 943. The number of halogens is 1. The summed E-state index contributed by atoms with van der Waals surface area (Å²) < 4.78 is 19.6. The quantitative estimate of drug-likeness (QED) is 0.723. The third-order valence-corrected chi connectivity index (χ3v) is 5.44. The molecule has 2 aromatic carbocycles. The van der Waals surface area contributed by atoms with Crippen molar-refractivity contribution in [1.29, 1.82) is 0 Å². The minimum Gasteiger partial charge on any atom is -0.507 e. The lowest BCUT2D eigenvalue weighted by molar-refractivity contribution is 0.133. The fourth-order valence-electron chi connectivity index (χ4n) is 4.35. The Kier molecular flexibility index (Phi) is 4.87. The van der Waals surface area contributed by atoms with E-state index in [0.29, 0.717) is 41.6 Å². The molecule has 2 unspecified atom stereocenters. The molecule has 0 bridgehead atoms. The number of fused-ring (bicyclic) bond motifs is 1. The van der Waals surface area contributed by atoms with Crippen LogP contribution in [0.3, 0.4) is 0 Å². The predicted molar refractivity (Wildman–Crippen MR) is 103 cm³/mol. The van der Waals surface area contributed by atoms with E-state index in [1.54, 1.807) is 18.2 Å². The van der Waals surface area contributed by atoms with Crippen molar-refractivity contribution in [2.75, 3.05) is 13.1 Å². The van der Waals surface area contributed by atoms with Crippen molar-refractivity contribution in [3.8, 4) is 5.75 Å². The predicted octanol–water partition coefficient (Wildman–Crippen LogP) is 4.74. The van der Waals surface area contributed by atoms with Crippen molar-refractivity contribution in [3.05, 3.63) is 59.0 Å². The van der Waals surface area contributed by atoms with Gasteiger partial charge in [-0.2, -0.15) is 0 Å². The maximum absolute atomic E-state index is 14.0. The van der Waals surface area contributed by atoms with Crippen LogP contribution in [-0.2, 0) is 13.0 Å². The minimum absolute atomic E-state index is 0.224. The molecule has 1 aliphatic heterocycles. The zero-order valence-corrected chi connectivity index (χ0v) is 15.8. The van der Waals surface area contributed by atoms with E-state index in [9.17, 15) is 9.50 Å². The lowest BCUT2D eigenvalue weighted by Crippen LogP contribution is -2.38. The van der Waals surface area contributed by atoms with Gasteiger partial charge in [0.05, 0.1) is 11.3 Å². The maximum atomic E-state index is 14.0. The number of nitrogens with zero attached hydrogens (tertiary/aromatic N) is 2. The second-order valence-corrected chi connectivity index (χ2v) is 7.98. The van der Waals surface area contributed by atoms with Crippen molar-refractivity contribution in [3.63, 3.8) is 0 Å². The summed E-state index contributed by atoms with van der Waals surface area (Å²) >= 11 is 0. The zero-order valence-electron chi connectivity index (χ0n) is 15.8. The molecule has 27 heavy (non-hydrogen) atoms. The number of likely N-dealkylation sites (tertiary alicyclic amines) is 1. The van der Waals surface area contributed by atoms with Crippen molar-refractivity contribution < 1.29 is 14.0 Å². The van der Waals surface area contributed by atoms with Crippen LogP contribution in [0.2, 0.25) is 0 Å². The standard InChI is InChI=1S/C22H25FN2O2/c1-14-9-15(2)12-25(11-14)13-18-21(26)8-7-17-20(24-27-22(17)18)10-16-5-3-4-6-19(16)23/h3-8,14-15,26H,9-13H2,1-2H3. The van der Waals surface area contributed by atoms with Gasteiger partial charge < -0.3 is 9.63 Å². The molecule has 2 atom stereocenters. The highest BCUT2D eigenvalue weighted by Gasteiger charge is 2.24. The average Bonchev–Trinajstić information content (AvgIpc) is 3.02. The number of phenols is 1. The monoisotopic (exact) mass is 368 g/mol. The molecule has 3 aromatic rings. The van der Waals surface area contributed by atoms with Crippen LogP contribution in [0.4, 0.5) is 4.39 Å². The molecular weight excluding hydrogens is 343 g/mol. The topological polar surface area (TPSA) is 49.5 Å². The molecule has 1 aliphatic rings. The Morgan fingerprint density at radius 3 is 2.63 bits per heavy atom. The number of phenolic OH excluding ortho intramolecular Hbond substituents is 1. The minimum atomic E-state index is -0.246. The van der Waals surface area contributed by atoms with E-state index in [2.05, 4.69) is 23.9 Å². The Hall–Kier alpha value is -2.40. The first-order valence-electron chi connectivity index (χ1n) is 9.56. The molecule has 1 aromatic heterocycles. The molecule has 5 heteroatoms. The second kappa shape index (κ2) is 7.31. The van der Waals surface area contributed by atoms with Crippen molar-refractivity contribution in [2.24, 2.45) is 11.8 Å². The normalized spacial score (nSPS) is 21.0. The summed E-state index contributed by atoms with van der Waals surface area (Å²) in [5, 5.41) is 15.5. The average molecular weight is 368 g/mol. The molecule has 1 N–H and O–H groups in total. The molecule has 0 saturated carbocycles. The molecule has 1 saturated heterocycles. The summed E-state index contributed by atoms with van der Waals surface area (Å²) in [7, 11) is 0. The first-order chi connectivity index (χ1) is 13.0. The lowest BCUT2D eigenvalue weighted by atomic mass is 9.91. The summed E-state index contributed by atoms with van der Waals surface area (Å²) in [6.45, 7) is 7.19. The van der Waals surface area contributed by atoms with Gasteiger partial charge in [-0.1, -0.05) is 37.2 Å². The van der Waals surface area contributed by atoms with Crippen molar-refractivity contribution in [2.45, 2.75) is 33.2 Å². The summed E-state index contributed by atoms with van der Waals surface area (Å²) in [4.78, 5) is 2.37. The summed E-state index contributed by atoms with van der Waals surface area (Å²) in [6, 6.07) is 10.2. The van der Waals surface area contributed by atoms with E-state index in [1.165, 1.54) is 12.5 Å². The van der Waals surface area contributed by atoms with E-state index in [0.717, 1.165) is 24.0 Å². The Morgan fingerprint density at radius 2 is 1.89 bits per heavy atom. The molecule has 0 amide bonds. The highest BCUT2D eigenvalue weighted by atomic mass is 19.1. The number of aromatic hydroxyl groups is 1. The molecule has 0 aliphatic carbocycles. The van der Waals surface area contributed by atoms with Gasteiger partial charge in [0, 0.05) is 31.4 Å².